The molecule has 6 aromatic rings. The van der Waals surface area contributed by atoms with Gasteiger partial charge in [0.15, 0.2) is 17.1 Å². The van der Waals surface area contributed by atoms with Gasteiger partial charge in [-0.2, -0.15) is 0 Å². The predicted molar refractivity (Wildman–Crippen MR) is 214 cm³/mol. The Balaban J connectivity index is 1.69. The van der Waals surface area contributed by atoms with Gasteiger partial charge >= 0.3 is 5.97 Å². The van der Waals surface area contributed by atoms with E-state index in [1.165, 1.54) is 0 Å². The van der Waals surface area contributed by atoms with E-state index in [0.29, 0.717) is 28.7 Å². The van der Waals surface area contributed by atoms with Gasteiger partial charge in [0.1, 0.15) is 28.7 Å². The second kappa shape index (κ2) is 15.7. The first-order valence-corrected chi connectivity index (χ1v) is 18.1. The Morgan fingerprint density at radius 2 is 0.633 bits per heavy atom. The van der Waals surface area contributed by atoms with Crippen molar-refractivity contribution in [2.75, 3.05) is 0 Å². The normalized spacial score (nSPS) is 10.7. The highest BCUT2D eigenvalue weighted by atomic mass is 127. The zero-order valence-electron chi connectivity index (χ0n) is 26.1. The first-order valence-electron chi connectivity index (χ1n) is 14.9. The Kier molecular flexibility index (Phi) is 11.1. The summed E-state index contributed by atoms with van der Waals surface area (Å²) in [6.07, 6.45) is 0. The maximum absolute atomic E-state index is 13.4. The predicted octanol–water partition coefficient (Wildman–Crippen LogP) is 12.8. The van der Waals surface area contributed by atoms with Crippen LogP contribution in [-0.2, 0) is 0 Å². The van der Waals surface area contributed by atoms with Crippen molar-refractivity contribution in [2.45, 2.75) is 13.8 Å². The van der Waals surface area contributed by atoms with E-state index in [4.69, 9.17) is 23.7 Å². The van der Waals surface area contributed by atoms with E-state index in [9.17, 15) is 9.90 Å². The zero-order valence-corrected chi connectivity index (χ0v) is 32.6. The third-order valence-electron chi connectivity index (χ3n) is 7.08. The number of carbonyl (C=O) groups is 1. The van der Waals surface area contributed by atoms with E-state index in [2.05, 4.69) is 67.8 Å². The number of hydrogen-bond acceptors (Lipinski definition) is 6. The summed E-state index contributed by atoms with van der Waals surface area (Å²) in [6, 6.07) is 36.6. The first-order chi connectivity index (χ1) is 23.6. The molecule has 0 aromatic heterocycles. The average Bonchev–Trinajstić information content (AvgIpc) is 3.08. The molecule has 0 amide bonds. The van der Waals surface area contributed by atoms with E-state index < -0.39 is 5.97 Å². The van der Waals surface area contributed by atoms with Crippen LogP contribution in [0.3, 0.4) is 0 Å². The number of hydrogen-bond donors (Lipinski definition) is 1. The molecule has 0 heterocycles. The van der Waals surface area contributed by atoms with Crippen molar-refractivity contribution in [1.29, 1.82) is 0 Å². The summed E-state index contributed by atoms with van der Waals surface area (Å²) in [4.78, 5) is 13.4. The van der Waals surface area contributed by atoms with E-state index in [1.807, 2.05) is 74.5 Å². The van der Waals surface area contributed by atoms with Crippen molar-refractivity contribution >= 4 is 73.7 Å². The quantitative estimate of drug-likeness (QED) is 0.129. The summed E-state index contributed by atoms with van der Waals surface area (Å²) >= 11 is 6.62. The highest BCUT2D eigenvalue weighted by Gasteiger charge is 2.36. The summed E-state index contributed by atoms with van der Waals surface area (Å²) < 4.78 is 35.6. The lowest BCUT2D eigenvalue weighted by Crippen LogP contribution is -2.08. The summed E-state index contributed by atoms with van der Waals surface area (Å²) in [5.74, 6) is 0.477. The molecule has 0 aliphatic rings. The molecule has 0 saturated carbocycles. The molecule has 0 aliphatic carbocycles. The second-order valence-corrected chi connectivity index (χ2v) is 14.6. The minimum atomic E-state index is -1.33. The highest BCUT2D eigenvalue weighted by molar-refractivity contribution is 14.1. The smallest absolute Gasteiger partial charge is 0.343 e. The van der Waals surface area contributed by atoms with Crippen molar-refractivity contribution in [1.82, 2.24) is 0 Å². The van der Waals surface area contributed by atoms with E-state index >= 15 is 0 Å². The molecule has 49 heavy (non-hydrogen) atoms. The lowest BCUT2D eigenvalue weighted by Gasteiger charge is -2.24. The van der Waals surface area contributed by atoms with Crippen molar-refractivity contribution < 1.29 is 33.6 Å². The summed E-state index contributed by atoms with van der Waals surface area (Å²) in [7, 11) is 0. The molecular formula is C39H27I3O7. The fourth-order valence-corrected chi connectivity index (χ4v) is 5.70. The van der Waals surface area contributed by atoms with Gasteiger partial charge in [0.25, 0.3) is 0 Å². The third kappa shape index (κ3) is 8.78. The van der Waals surface area contributed by atoms with Crippen LogP contribution in [0.4, 0.5) is 0 Å². The van der Waals surface area contributed by atoms with Crippen LogP contribution in [0.1, 0.15) is 21.5 Å². The zero-order chi connectivity index (χ0) is 34.5. The van der Waals surface area contributed by atoms with Gasteiger partial charge < -0.3 is 28.8 Å². The molecule has 1 N–H and O–H groups in total. The van der Waals surface area contributed by atoms with Crippen LogP contribution in [0, 0.1) is 24.6 Å². The van der Waals surface area contributed by atoms with Gasteiger partial charge in [0, 0.05) is 10.7 Å². The van der Waals surface area contributed by atoms with E-state index in [-0.39, 0.29) is 34.3 Å². The van der Waals surface area contributed by atoms with Crippen LogP contribution in [0.25, 0.3) is 0 Å². The fraction of sp³-hybridized carbons (Fsp3) is 0.0513. The lowest BCUT2D eigenvalue weighted by molar-refractivity contribution is 0.0690. The summed E-state index contributed by atoms with van der Waals surface area (Å²) in [5, 5.41) is 10.9. The maximum atomic E-state index is 13.4. The number of carboxylic acid groups (broad SMARTS) is 1. The van der Waals surface area contributed by atoms with Crippen LogP contribution in [0.5, 0.6) is 57.5 Å². The standard InChI is InChI=1S/C39H27I3O7/c1-23-3-13-28(14-4-23)45-34-33(39(43)44)35(46-30-17-7-25(40)8-18-30)36(47-29-15-5-24(2)6-16-29)38(49-32-21-11-27(42)12-22-32)37(34)48-31-19-9-26(41)10-20-31/h3-22H,1-2H3,(H,43,44). The van der Waals surface area contributed by atoms with E-state index in [0.717, 1.165) is 21.8 Å². The molecule has 6 aromatic carbocycles. The van der Waals surface area contributed by atoms with Crippen LogP contribution < -0.4 is 23.7 Å². The minimum absolute atomic E-state index is 0.0184. The number of carboxylic acids is 1. The number of aryl methyl sites for hydroxylation is 2. The van der Waals surface area contributed by atoms with Crippen LogP contribution in [-0.4, -0.2) is 11.1 Å². The molecule has 6 rings (SSSR count). The molecule has 7 nitrogen and oxygen atoms in total. The van der Waals surface area contributed by atoms with Gasteiger partial charge in [-0.05, 0) is 179 Å². The molecule has 0 unspecified atom stereocenters. The molecule has 0 atom stereocenters. The van der Waals surface area contributed by atoms with Crippen molar-refractivity contribution in [3.8, 4) is 57.5 Å². The summed E-state index contributed by atoms with van der Waals surface area (Å²) in [6.45, 7) is 3.92. The summed E-state index contributed by atoms with van der Waals surface area (Å²) in [5.41, 5.74) is 1.71. The van der Waals surface area contributed by atoms with Gasteiger partial charge in [0.05, 0.1) is 0 Å². The SMILES string of the molecule is Cc1ccc(Oc2c(Oc3ccc(I)cc3)c(Oc3ccc(I)cc3)c(Oc3ccc(C)cc3)c(C(=O)O)c2Oc2ccc(I)cc2)cc1. The Hall–Kier alpha value is -4.02. The lowest BCUT2D eigenvalue weighted by atomic mass is 10.1. The number of benzene rings is 6. The molecule has 10 heteroatoms. The number of aromatic carboxylic acids is 1. The van der Waals surface area contributed by atoms with Gasteiger partial charge in [-0.3, -0.25) is 0 Å². The van der Waals surface area contributed by atoms with Crippen molar-refractivity contribution in [3.05, 3.63) is 149 Å². The van der Waals surface area contributed by atoms with E-state index in [1.54, 1.807) is 60.7 Å². The highest BCUT2D eigenvalue weighted by Crippen LogP contribution is 2.58. The van der Waals surface area contributed by atoms with Crippen molar-refractivity contribution in [3.63, 3.8) is 0 Å². The van der Waals surface area contributed by atoms with Gasteiger partial charge in [-0.1, -0.05) is 35.4 Å². The second-order valence-electron chi connectivity index (χ2n) is 10.8. The molecular weight excluding hydrogens is 961 g/mol. The molecule has 0 aliphatic heterocycles. The third-order valence-corrected chi connectivity index (χ3v) is 9.23. The number of rotatable bonds is 11. The Morgan fingerprint density at radius 1 is 0.408 bits per heavy atom. The van der Waals surface area contributed by atoms with Crippen LogP contribution in [0.15, 0.2) is 121 Å². The Morgan fingerprint density at radius 3 is 0.898 bits per heavy atom. The molecule has 0 saturated heterocycles. The molecule has 0 bridgehead atoms. The monoisotopic (exact) mass is 988 g/mol. The van der Waals surface area contributed by atoms with Crippen LogP contribution in [0.2, 0.25) is 0 Å². The van der Waals surface area contributed by atoms with Crippen molar-refractivity contribution in [2.24, 2.45) is 0 Å². The number of ether oxygens (including phenoxy) is 5. The molecule has 0 fully saturated rings. The maximum Gasteiger partial charge on any atom is 0.343 e. The van der Waals surface area contributed by atoms with Gasteiger partial charge in [0.2, 0.25) is 17.2 Å². The molecule has 246 valence electrons. The first kappa shape index (κ1) is 34.8. The average molecular weight is 988 g/mol. The van der Waals surface area contributed by atoms with Gasteiger partial charge in [-0.15, -0.1) is 0 Å². The fourth-order valence-electron chi connectivity index (χ4n) is 4.62. The van der Waals surface area contributed by atoms with Crippen LogP contribution >= 0.6 is 67.8 Å². The Bertz CT molecular complexity index is 1960. The molecule has 0 radical (unpaired) electrons. The molecule has 0 spiro atoms. The minimum Gasteiger partial charge on any atom is -0.477 e. The Labute approximate surface area is 324 Å². The number of halogens is 3. The largest absolute Gasteiger partial charge is 0.477 e. The van der Waals surface area contributed by atoms with Gasteiger partial charge in [-0.25, -0.2) is 4.79 Å². The topological polar surface area (TPSA) is 83.5 Å².